The summed E-state index contributed by atoms with van der Waals surface area (Å²) in [5.74, 6) is -5.92. The highest BCUT2D eigenvalue weighted by Crippen LogP contribution is 2.76. The molecule has 0 amide bonds. The molecule has 2 fully saturated rings. The molecular formula is C45H56N2O10S. The van der Waals surface area contributed by atoms with Gasteiger partial charge in [0.15, 0.2) is 0 Å². The van der Waals surface area contributed by atoms with Crippen LogP contribution in [0.3, 0.4) is 0 Å². The van der Waals surface area contributed by atoms with Crippen LogP contribution in [0.1, 0.15) is 106 Å². The predicted molar refractivity (Wildman–Crippen MR) is 216 cm³/mol. The Morgan fingerprint density at radius 2 is 1.28 bits per heavy atom. The van der Waals surface area contributed by atoms with Crippen molar-refractivity contribution in [3.63, 3.8) is 0 Å². The van der Waals surface area contributed by atoms with E-state index in [1.54, 1.807) is 112 Å². The Morgan fingerprint density at radius 3 is 1.84 bits per heavy atom. The molecule has 12 nitrogen and oxygen atoms in total. The number of aromatic nitrogens is 1. The van der Waals surface area contributed by atoms with Gasteiger partial charge in [0.1, 0.15) is 33.5 Å². The Hall–Kier alpha value is -4.49. The summed E-state index contributed by atoms with van der Waals surface area (Å²) in [4.78, 5) is 61.3. The van der Waals surface area contributed by atoms with E-state index in [0.717, 1.165) is 5.56 Å². The molecule has 1 aromatic heterocycles. The van der Waals surface area contributed by atoms with E-state index in [2.05, 4.69) is 0 Å². The van der Waals surface area contributed by atoms with Crippen LogP contribution < -0.4 is 0 Å². The van der Waals surface area contributed by atoms with Crippen molar-refractivity contribution in [2.75, 3.05) is 6.54 Å². The average Bonchev–Trinajstić information content (AvgIpc) is 3.44. The van der Waals surface area contributed by atoms with Gasteiger partial charge in [-0.25, -0.2) is 26.8 Å². The maximum Gasteiger partial charge on any atom is 0.337 e. The lowest BCUT2D eigenvalue weighted by Crippen LogP contribution is -2.72. The van der Waals surface area contributed by atoms with Crippen molar-refractivity contribution in [3.8, 4) is 0 Å². The molecule has 1 saturated carbocycles. The summed E-state index contributed by atoms with van der Waals surface area (Å²) in [6.07, 6.45) is 0.327. The Morgan fingerprint density at radius 1 is 0.724 bits per heavy atom. The molecule has 58 heavy (non-hydrogen) atoms. The number of rotatable bonds is 6. The monoisotopic (exact) mass is 816 g/mol. The first kappa shape index (κ1) is 41.7. The number of hydrogen-bond donors (Lipinski definition) is 0. The molecule has 0 unspecified atom stereocenters. The summed E-state index contributed by atoms with van der Waals surface area (Å²) in [6.45, 7) is 22.6. The second-order valence-corrected chi connectivity index (χ2v) is 21.9. The zero-order valence-electron chi connectivity index (χ0n) is 35.9. The third kappa shape index (κ3) is 6.21. The van der Waals surface area contributed by atoms with Crippen LogP contribution in [0.5, 0.6) is 0 Å². The number of ether oxygens (including phenoxy) is 4. The zero-order chi connectivity index (χ0) is 42.9. The van der Waals surface area contributed by atoms with Crippen LogP contribution >= 0.6 is 0 Å². The van der Waals surface area contributed by atoms with E-state index in [-0.39, 0.29) is 41.1 Å². The second kappa shape index (κ2) is 13.0. The first-order valence-electron chi connectivity index (χ1n) is 20.0. The predicted octanol–water partition coefficient (Wildman–Crippen LogP) is 6.92. The van der Waals surface area contributed by atoms with Crippen molar-refractivity contribution < 1.29 is 46.5 Å². The van der Waals surface area contributed by atoms with Crippen molar-refractivity contribution >= 4 is 44.8 Å². The van der Waals surface area contributed by atoms with Gasteiger partial charge >= 0.3 is 23.9 Å². The lowest BCUT2D eigenvalue weighted by Gasteiger charge is -2.56. The van der Waals surface area contributed by atoms with E-state index < -0.39 is 85.1 Å². The maximum atomic E-state index is 15.3. The van der Waals surface area contributed by atoms with E-state index in [0.29, 0.717) is 16.5 Å². The second-order valence-electron chi connectivity index (χ2n) is 20.1. The van der Waals surface area contributed by atoms with E-state index in [1.807, 2.05) is 19.1 Å². The standard InChI is InChI=1S/C45H56N2O10S/c1-25-18-20-26(21-19-25)58(52,53)47-31-17-15-14-16-27(31)28-22-23-46-44(39(51)57-43(11,12)13)29(24-30(44)36(48)54-40(2,3)4)33-32(37(49)55-41(5,6)7)34(45(33,46)35(28)47)38(50)56-42(8,9)10/h14-21,29-30,33H,22-24H2,1-13H3/t29-,30-,33+,44+,45+/m1/s1. The van der Waals surface area contributed by atoms with E-state index in [9.17, 15) is 9.59 Å². The highest BCUT2D eigenvalue weighted by molar-refractivity contribution is 7.90. The number of fused-ring (bicyclic) bond motifs is 6. The number of carbonyl (C=O) groups is 4. The first-order chi connectivity index (χ1) is 26.6. The lowest BCUT2D eigenvalue weighted by atomic mass is 9.50. The molecule has 0 N–H and O–H groups in total. The molecule has 2 aromatic carbocycles. The zero-order valence-corrected chi connectivity index (χ0v) is 36.7. The van der Waals surface area contributed by atoms with Gasteiger partial charge in [-0.05, 0) is 133 Å². The maximum absolute atomic E-state index is 15.3. The largest absolute Gasteiger partial charge is 0.460 e. The van der Waals surface area contributed by atoms with Crippen molar-refractivity contribution in [2.45, 2.75) is 141 Å². The Balaban J connectivity index is 1.64. The molecule has 312 valence electrons. The quantitative estimate of drug-likeness (QED) is 0.189. The Kier molecular flexibility index (Phi) is 9.34. The molecule has 3 heterocycles. The van der Waals surface area contributed by atoms with Gasteiger partial charge in [-0.2, -0.15) is 0 Å². The van der Waals surface area contributed by atoms with Crippen molar-refractivity contribution in [2.24, 2.45) is 17.8 Å². The van der Waals surface area contributed by atoms with Crippen LogP contribution in [0.25, 0.3) is 10.9 Å². The highest BCUT2D eigenvalue weighted by Gasteiger charge is 2.87. The third-order valence-corrected chi connectivity index (χ3v) is 13.1. The molecule has 1 saturated heterocycles. The number of benzene rings is 2. The minimum Gasteiger partial charge on any atom is -0.460 e. The number of esters is 4. The molecule has 0 bridgehead atoms. The highest BCUT2D eigenvalue weighted by atomic mass is 32.2. The van der Waals surface area contributed by atoms with Gasteiger partial charge in [0.2, 0.25) is 0 Å². The molecule has 7 rings (SSSR count). The van der Waals surface area contributed by atoms with Gasteiger partial charge in [-0.1, -0.05) is 35.9 Å². The SMILES string of the molecule is Cc1ccc(S(=O)(=O)n2c3c(c4ccccc42)CCN2[C@]4(C(=O)OC(C)(C)C)[C@@H](C(=O)OC(C)(C)C)C[C@@H]4[C@H]4C(C(=O)OC(C)(C)C)=C(C(=O)OC(C)(C)C)[C@]342)cc1. The third-order valence-electron chi connectivity index (χ3n) is 11.4. The van der Waals surface area contributed by atoms with Gasteiger partial charge < -0.3 is 18.9 Å². The summed E-state index contributed by atoms with van der Waals surface area (Å²) in [5.41, 5.74) is -5.58. The molecule has 0 radical (unpaired) electrons. The molecule has 4 aliphatic rings. The number of carbonyl (C=O) groups excluding carboxylic acids is 4. The van der Waals surface area contributed by atoms with E-state index >= 15 is 18.0 Å². The topological polar surface area (TPSA) is 148 Å². The summed E-state index contributed by atoms with van der Waals surface area (Å²) >= 11 is 0. The Labute approximate surface area is 341 Å². The smallest absolute Gasteiger partial charge is 0.337 e. The average molecular weight is 817 g/mol. The minimum absolute atomic E-state index is 0.00960. The summed E-state index contributed by atoms with van der Waals surface area (Å²) in [5, 5.41) is 0.643. The normalized spacial score (nSPS) is 25.7. The van der Waals surface area contributed by atoms with Gasteiger partial charge in [-0.15, -0.1) is 0 Å². The Bertz CT molecular complexity index is 2400. The number of nitrogens with zero attached hydrogens (tertiary/aromatic N) is 2. The van der Waals surface area contributed by atoms with Crippen molar-refractivity contribution in [1.82, 2.24) is 8.87 Å². The van der Waals surface area contributed by atoms with Crippen molar-refractivity contribution in [3.05, 3.63) is 76.5 Å². The molecule has 5 atom stereocenters. The van der Waals surface area contributed by atoms with Crippen LogP contribution in [-0.4, -0.2) is 75.7 Å². The van der Waals surface area contributed by atoms with Crippen LogP contribution in [0.15, 0.2) is 64.6 Å². The fourth-order valence-corrected chi connectivity index (χ4v) is 11.4. The molecule has 2 aliphatic heterocycles. The fourth-order valence-electron chi connectivity index (χ4n) is 9.75. The van der Waals surface area contributed by atoms with Crippen LogP contribution in [0.2, 0.25) is 0 Å². The van der Waals surface area contributed by atoms with Gasteiger partial charge in [0, 0.05) is 17.8 Å². The molecular weight excluding hydrogens is 761 g/mol. The van der Waals surface area contributed by atoms with E-state index in [1.165, 1.54) is 16.1 Å². The molecule has 3 aromatic rings. The van der Waals surface area contributed by atoms with Crippen molar-refractivity contribution in [1.29, 1.82) is 0 Å². The van der Waals surface area contributed by atoms with Gasteiger partial charge in [0.05, 0.1) is 33.2 Å². The van der Waals surface area contributed by atoms with Gasteiger partial charge in [-0.3, -0.25) is 9.69 Å². The summed E-state index contributed by atoms with van der Waals surface area (Å²) in [6, 6.07) is 13.6. The summed E-state index contributed by atoms with van der Waals surface area (Å²) in [7, 11) is -4.44. The summed E-state index contributed by atoms with van der Waals surface area (Å²) < 4.78 is 56.3. The number of aryl methyl sites for hydroxylation is 1. The fraction of sp³-hybridized carbons (Fsp3) is 0.556. The van der Waals surface area contributed by atoms with Crippen LogP contribution in [0.4, 0.5) is 0 Å². The molecule has 1 spiro atoms. The van der Waals surface area contributed by atoms with Gasteiger partial charge in [0.25, 0.3) is 10.0 Å². The number of para-hydroxylation sites is 1. The molecule has 13 heteroatoms. The lowest BCUT2D eigenvalue weighted by molar-refractivity contribution is -0.203. The van der Waals surface area contributed by atoms with E-state index in [4.69, 9.17) is 18.9 Å². The molecule has 2 aliphatic carbocycles. The van der Waals surface area contributed by atoms with Crippen LogP contribution in [0, 0.1) is 24.7 Å². The first-order valence-corrected chi connectivity index (χ1v) is 21.4. The number of hydrogen-bond acceptors (Lipinski definition) is 11. The minimum atomic E-state index is -4.44. The van der Waals surface area contributed by atoms with Crippen LogP contribution in [-0.2, 0) is 60.1 Å².